The maximum absolute atomic E-state index is 13.3. The number of aryl methyl sites for hydroxylation is 1. The third kappa shape index (κ3) is 4.69. The Labute approximate surface area is 231 Å². The summed E-state index contributed by atoms with van der Waals surface area (Å²) in [5, 5.41) is 4.53. The Hall–Kier alpha value is -2.29. The number of hydrogen-bond acceptors (Lipinski definition) is 6. The average Bonchev–Trinajstić information content (AvgIpc) is 3.58. The van der Waals surface area contributed by atoms with E-state index in [9.17, 15) is 9.00 Å². The lowest BCUT2D eigenvalue weighted by Gasteiger charge is -2.34. The van der Waals surface area contributed by atoms with Crippen molar-refractivity contribution in [3.8, 4) is 0 Å². The first-order valence-corrected chi connectivity index (χ1v) is 15.4. The smallest absolute Gasteiger partial charge is 0.271 e. The van der Waals surface area contributed by atoms with Crippen LogP contribution in [0.3, 0.4) is 0 Å². The number of benzene rings is 1. The van der Waals surface area contributed by atoms with Crippen LogP contribution in [0.5, 0.6) is 0 Å². The number of anilines is 2. The Morgan fingerprint density at radius 2 is 1.89 bits per heavy atom. The Balaban J connectivity index is 1.25. The van der Waals surface area contributed by atoms with Gasteiger partial charge in [-0.15, -0.1) is 0 Å². The number of pyridine rings is 1. The van der Waals surface area contributed by atoms with Crippen LogP contribution < -0.4 is 10.9 Å². The molecule has 2 saturated carbocycles. The maximum Gasteiger partial charge on any atom is 0.271 e. The second-order valence-electron chi connectivity index (χ2n) is 11.6. The van der Waals surface area contributed by atoms with Crippen LogP contribution >= 0.6 is 11.6 Å². The number of likely N-dealkylation sites (tertiary alicyclic amines) is 1. The van der Waals surface area contributed by atoms with Gasteiger partial charge in [-0.05, 0) is 108 Å². The molecular formula is C29H36ClN5O2S. The van der Waals surface area contributed by atoms with Crippen molar-refractivity contribution in [2.45, 2.75) is 87.9 Å². The minimum Gasteiger partial charge on any atom is -0.324 e. The second-order valence-corrected chi connectivity index (χ2v) is 13.8. The molecule has 1 N–H and O–H groups in total. The highest BCUT2D eigenvalue weighted by atomic mass is 35.5. The van der Waals surface area contributed by atoms with E-state index < -0.39 is 10.8 Å². The van der Waals surface area contributed by atoms with Crippen molar-refractivity contribution in [2.24, 2.45) is 5.41 Å². The molecule has 6 rings (SSSR count). The number of piperidine rings is 1. The van der Waals surface area contributed by atoms with Crippen LogP contribution in [0.4, 0.5) is 11.6 Å². The monoisotopic (exact) mass is 553 g/mol. The molecule has 1 aromatic carbocycles. The average molecular weight is 554 g/mol. The molecule has 3 aromatic rings. The van der Waals surface area contributed by atoms with Gasteiger partial charge < -0.3 is 10.2 Å². The minimum atomic E-state index is -1.03. The highest BCUT2D eigenvalue weighted by Gasteiger charge is 2.53. The molecule has 3 aliphatic rings. The quantitative estimate of drug-likeness (QED) is 0.404. The zero-order valence-corrected chi connectivity index (χ0v) is 23.9. The molecule has 7 nitrogen and oxygen atoms in total. The molecule has 1 aliphatic heterocycles. The lowest BCUT2D eigenvalue weighted by Crippen LogP contribution is -2.41. The lowest BCUT2D eigenvalue weighted by atomic mass is 10.00. The zero-order chi connectivity index (χ0) is 26.6. The van der Waals surface area contributed by atoms with E-state index in [-0.39, 0.29) is 27.3 Å². The summed E-state index contributed by atoms with van der Waals surface area (Å²) >= 11 is 6.36. The lowest BCUT2D eigenvalue weighted by molar-refractivity contribution is 0.187. The summed E-state index contributed by atoms with van der Waals surface area (Å²) in [5.41, 5.74) is 2.55. The molecule has 2 aromatic heterocycles. The molecule has 0 amide bonds. The second kappa shape index (κ2) is 10.0. The molecule has 9 heteroatoms. The van der Waals surface area contributed by atoms with E-state index in [0.29, 0.717) is 17.6 Å². The SMILES string of the molecule is Cc1cc(S(=O)C2CCN(C(C)C)CC2)ccc1Nc1ncc2cc(Cl)c(=O)n(C3CCCC34CC4)c2n1. The number of rotatable bonds is 6. The molecule has 202 valence electrons. The van der Waals surface area contributed by atoms with Gasteiger partial charge in [0.1, 0.15) is 10.7 Å². The molecule has 2 aliphatic carbocycles. The summed E-state index contributed by atoms with van der Waals surface area (Å²) < 4.78 is 15.2. The van der Waals surface area contributed by atoms with Crippen molar-refractivity contribution in [2.75, 3.05) is 18.4 Å². The summed E-state index contributed by atoms with van der Waals surface area (Å²) in [7, 11) is -1.03. The minimum absolute atomic E-state index is 0.141. The summed E-state index contributed by atoms with van der Waals surface area (Å²) in [6, 6.07) is 8.28. The Kier molecular flexibility index (Phi) is 6.85. The van der Waals surface area contributed by atoms with E-state index in [1.165, 1.54) is 0 Å². The van der Waals surface area contributed by atoms with E-state index in [1.54, 1.807) is 12.3 Å². The molecule has 3 heterocycles. The van der Waals surface area contributed by atoms with E-state index in [4.69, 9.17) is 16.6 Å². The van der Waals surface area contributed by atoms with Crippen LogP contribution in [0.25, 0.3) is 11.0 Å². The Morgan fingerprint density at radius 3 is 2.58 bits per heavy atom. The molecule has 0 radical (unpaired) electrons. The first-order chi connectivity index (χ1) is 18.3. The van der Waals surface area contributed by atoms with E-state index in [0.717, 1.165) is 79.6 Å². The predicted molar refractivity (Wildman–Crippen MR) is 154 cm³/mol. The number of hydrogen-bond donors (Lipinski definition) is 1. The van der Waals surface area contributed by atoms with E-state index >= 15 is 0 Å². The molecular weight excluding hydrogens is 518 g/mol. The molecule has 2 atom stereocenters. The van der Waals surface area contributed by atoms with Gasteiger partial charge in [0.2, 0.25) is 5.95 Å². The highest BCUT2D eigenvalue weighted by Crippen LogP contribution is 2.63. The number of halogens is 1. The first-order valence-electron chi connectivity index (χ1n) is 13.9. The van der Waals surface area contributed by atoms with Gasteiger partial charge >= 0.3 is 0 Å². The van der Waals surface area contributed by atoms with Crippen molar-refractivity contribution in [1.29, 1.82) is 0 Å². The summed E-state index contributed by atoms with van der Waals surface area (Å²) in [6.45, 7) is 8.46. The number of nitrogens with one attached hydrogen (secondary N) is 1. The molecule has 1 spiro atoms. The fourth-order valence-electron chi connectivity index (χ4n) is 6.52. The van der Waals surface area contributed by atoms with Crippen LogP contribution in [-0.4, -0.2) is 48.0 Å². The maximum atomic E-state index is 13.3. The van der Waals surface area contributed by atoms with Gasteiger partial charge in [-0.25, -0.2) is 4.98 Å². The summed E-state index contributed by atoms with van der Waals surface area (Å²) in [4.78, 5) is 25.9. The largest absolute Gasteiger partial charge is 0.324 e. The van der Waals surface area contributed by atoms with Crippen molar-refractivity contribution >= 4 is 45.1 Å². The fourth-order valence-corrected chi connectivity index (χ4v) is 8.25. The van der Waals surface area contributed by atoms with Crippen molar-refractivity contribution < 1.29 is 4.21 Å². The zero-order valence-electron chi connectivity index (χ0n) is 22.4. The number of nitrogens with zero attached hydrogens (tertiary/aromatic N) is 4. The molecule has 38 heavy (non-hydrogen) atoms. The van der Waals surface area contributed by atoms with Crippen LogP contribution in [0.1, 0.15) is 70.4 Å². The number of fused-ring (bicyclic) bond motifs is 1. The van der Waals surface area contributed by atoms with Gasteiger partial charge in [-0.2, -0.15) is 4.98 Å². The van der Waals surface area contributed by atoms with Crippen molar-refractivity contribution in [3.05, 3.63) is 51.4 Å². The van der Waals surface area contributed by atoms with Crippen LogP contribution in [0.2, 0.25) is 5.02 Å². The first kappa shape index (κ1) is 26.0. The van der Waals surface area contributed by atoms with Crippen LogP contribution in [0.15, 0.2) is 40.2 Å². The summed E-state index contributed by atoms with van der Waals surface area (Å²) in [6.07, 6.45) is 9.27. The van der Waals surface area contributed by atoms with Crippen molar-refractivity contribution in [3.63, 3.8) is 0 Å². The molecule has 1 saturated heterocycles. The van der Waals surface area contributed by atoms with Gasteiger partial charge in [-0.1, -0.05) is 18.0 Å². The van der Waals surface area contributed by atoms with Crippen LogP contribution in [-0.2, 0) is 10.8 Å². The van der Waals surface area contributed by atoms with E-state index in [2.05, 4.69) is 29.0 Å². The predicted octanol–water partition coefficient (Wildman–Crippen LogP) is 5.98. The Morgan fingerprint density at radius 1 is 1.13 bits per heavy atom. The third-order valence-electron chi connectivity index (χ3n) is 8.98. The van der Waals surface area contributed by atoms with Gasteiger partial charge in [0.05, 0.1) is 10.8 Å². The molecule has 2 unspecified atom stereocenters. The third-order valence-corrected chi connectivity index (χ3v) is 11.0. The van der Waals surface area contributed by atoms with Gasteiger partial charge in [0.15, 0.2) is 0 Å². The Bertz CT molecular complexity index is 1460. The van der Waals surface area contributed by atoms with Gasteiger partial charge in [0.25, 0.3) is 5.56 Å². The van der Waals surface area contributed by atoms with E-state index in [1.807, 2.05) is 29.7 Å². The number of aromatic nitrogens is 3. The summed E-state index contributed by atoms with van der Waals surface area (Å²) in [5.74, 6) is 0.439. The normalized spacial score (nSPS) is 22.4. The van der Waals surface area contributed by atoms with Crippen molar-refractivity contribution in [1.82, 2.24) is 19.4 Å². The molecule has 0 bridgehead atoms. The fraction of sp³-hybridized carbons (Fsp3) is 0.552. The van der Waals surface area contributed by atoms with Gasteiger partial charge in [0, 0.05) is 39.5 Å². The molecule has 3 fully saturated rings. The van der Waals surface area contributed by atoms with Gasteiger partial charge in [-0.3, -0.25) is 13.6 Å². The van der Waals surface area contributed by atoms with Crippen LogP contribution in [0, 0.1) is 12.3 Å². The standard InChI is InChI=1S/C29H36ClN5O2S/c1-18(2)34-13-8-21(9-14-34)38(37)22-6-7-24(19(3)15-22)32-28-31-17-20-16-23(30)27(36)35(26(20)33-28)25-5-4-10-29(25)11-12-29/h6-7,15-18,21,25H,4-5,8-14H2,1-3H3,(H,31,32,33). The highest BCUT2D eigenvalue weighted by molar-refractivity contribution is 7.85. The topological polar surface area (TPSA) is 80.1 Å².